The molecule has 0 aliphatic rings. The zero-order chi connectivity index (χ0) is 20.8. The summed E-state index contributed by atoms with van der Waals surface area (Å²) in [6.45, 7) is 1.80. The van der Waals surface area contributed by atoms with Gasteiger partial charge in [0, 0.05) is 20.0 Å². The minimum Gasteiger partial charge on any atom is -0.350 e. The van der Waals surface area contributed by atoms with Crippen LogP contribution in [0.1, 0.15) is 31.7 Å². The molecule has 150 valence electrons. The molecule has 3 N–H and O–H groups in total. The zero-order valence-electron chi connectivity index (χ0n) is 15.8. The molecule has 1 rings (SSSR count). The van der Waals surface area contributed by atoms with Crippen molar-refractivity contribution in [3.05, 3.63) is 40.8 Å². The predicted octanol–water partition coefficient (Wildman–Crippen LogP) is 1.30. The Morgan fingerprint density at radius 2 is 1.89 bits per heavy atom. The Labute approximate surface area is 164 Å². The third-order valence-corrected chi connectivity index (χ3v) is 3.77. The number of carbonyl (C=O) groups is 3. The summed E-state index contributed by atoms with van der Waals surface area (Å²) in [6, 6.07) is 8.11. The van der Waals surface area contributed by atoms with Crippen LogP contribution in [0, 0.1) is 17.3 Å². The molecule has 1 aromatic rings. The summed E-state index contributed by atoms with van der Waals surface area (Å²) in [5.74, 6) is 1.59. The number of nitrogens with one attached hydrogen (secondary N) is 3. The van der Waals surface area contributed by atoms with Gasteiger partial charge < -0.3 is 16.0 Å². The average Bonchev–Trinajstić information content (AvgIpc) is 2.69. The normalized spacial score (nSPS) is 10.9. The molecular weight excluding hydrogens is 362 g/mol. The summed E-state index contributed by atoms with van der Waals surface area (Å²) in [6.07, 6.45) is 6.58. The molecule has 1 aromatic carbocycles. The number of nitrogens with zero attached hydrogens (tertiary/aromatic N) is 2. The number of hydrogen-bond donors (Lipinski definition) is 3. The van der Waals surface area contributed by atoms with Crippen LogP contribution < -0.4 is 16.0 Å². The first-order valence-electron chi connectivity index (χ1n) is 8.88. The van der Waals surface area contributed by atoms with Crippen molar-refractivity contribution in [3.63, 3.8) is 0 Å². The number of urea groups is 1. The predicted molar refractivity (Wildman–Crippen MR) is 104 cm³/mol. The quantitative estimate of drug-likeness (QED) is 0.229. The highest BCUT2D eigenvalue weighted by molar-refractivity contribution is 5.86. The van der Waals surface area contributed by atoms with Crippen LogP contribution in [0.4, 0.5) is 4.79 Å². The van der Waals surface area contributed by atoms with E-state index in [4.69, 9.17) is 6.42 Å². The van der Waals surface area contributed by atoms with Gasteiger partial charge in [-0.15, -0.1) is 11.3 Å². The third kappa shape index (κ3) is 8.80. The smallest absolute Gasteiger partial charge is 0.341 e. The molecule has 0 aliphatic carbocycles. The second-order valence-electron chi connectivity index (χ2n) is 6.03. The summed E-state index contributed by atoms with van der Waals surface area (Å²) < 4.78 is 0. The van der Waals surface area contributed by atoms with Crippen molar-refractivity contribution >= 4 is 17.8 Å². The minimum absolute atomic E-state index is 0.207. The first-order chi connectivity index (χ1) is 13.5. The Balaban J connectivity index is 2.39. The molecule has 0 aromatic heterocycles. The Hall–Kier alpha value is -3.41. The fourth-order valence-electron chi connectivity index (χ4n) is 2.41. The monoisotopic (exact) mass is 387 g/mol. The van der Waals surface area contributed by atoms with Gasteiger partial charge in [-0.25, -0.2) is 4.79 Å². The van der Waals surface area contributed by atoms with E-state index < -0.39 is 12.1 Å². The number of hydrogen-bond acceptors (Lipinski definition) is 5. The first kappa shape index (κ1) is 22.6. The fraction of sp³-hybridized carbons (Fsp3) is 0.421. The lowest BCUT2D eigenvalue weighted by atomic mass is 10.1. The molecule has 0 saturated carbocycles. The molecule has 0 heterocycles. The number of nitroso groups, excluding NO2 is 1. The van der Waals surface area contributed by atoms with Crippen LogP contribution in [0.2, 0.25) is 0 Å². The number of unbranched alkanes of at least 4 members (excludes halogenated alkanes) is 1. The Kier molecular flexibility index (Phi) is 10.4. The van der Waals surface area contributed by atoms with Gasteiger partial charge in [0.25, 0.3) is 0 Å². The van der Waals surface area contributed by atoms with Gasteiger partial charge in [-0.1, -0.05) is 36.3 Å². The van der Waals surface area contributed by atoms with E-state index >= 15 is 0 Å². The van der Waals surface area contributed by atoms with Crippen LogP contribution >= 0.6 is 0 Å². The molecular formula is C19H25N5O4. The third-order valence-electron chi connectivity index (χ3n) is 3.77. The molecule has 0 radical (unpaired) electrons. The highest BCUT2D eigenvalue weighted by atomic mass is 16.3. The van der Waals surface area contributed by atoms with Crippen LogP contribution in [0.5, 0.6) is 0 Å². The lowest BCUT2D eigenvalue weighted by molar-refractivity contribution is -0.128. The zero-order valence-corrected chi connectivity index (χ0v) is 15.8. The minimum atomic E-state index is -0.674. The van der Waals surface area contributed by atoms with E-state index in [-0.39, 0.29) is 24.9 Å². The average molecular weight is 387 g/mol. The van der Waals surface area contributed by atoms with Crippen LogP contribution in [0.25, 0.3) is 0 Å². The van der Waals surface area contributed by atoms with Crippen molar-refractivity contribution in [3.8, 4) is 12.3 Å². The highest BCUT2D eigenvalue weighted by Gasteiger charge is 2.19. The molecule has 9 heteroatoms. The second-order valence-corrected chi connectivity index (χ2v) is 6.03. The van der Waals surface area contributed by atoms with Crippen molar-refractivity contribution in [1.82, 2.24) is 21.0 Å². The lowest BCUT2D eigenvalue weighted by Crippen LogP contribution is -2.45. The van der Waals surface area contributed by atoms with E-state index in [0.717, 1.165) is 5.56 Å². The summed E-state index contributed by atoms with van der Waals surface area (Å²) in [4.78, 5) is 45.9. The summed E-state index contributed by atoms with van der Waals surface area (Å²) in [5.41, 5.74) is 0.959. The van der Waals surface area contributed by atoms with Gasteiger partial charge in [0.2, 0.25) is 11.8 Å². The first-order valence-corrected chi connectivity index (χ1v) is 8.88. The Morgan fingerprint density at radius 3 is 2.50 bits per heavy atom. The SMILES string of the molecule is C#CCN(N=O)C(=O)NCCCC[C@H](NC(C)=O)C(=O)NCc1ccccc1. The second kappa shape index (κ2) is 12.9. The standard InChI is InChI=1S/C19H25N5O4/c1-3-13-24(23-28)19(27)20-12-8-7-11-17(22-15(2)25)18(26)21-14-16-9-5-4-6-10-16/h1,4-6,9-10,17H,7-8,11-14H2,2H3,(H,20,27)(H,21,26)(H,22,25)/t17-/m0/s1. The molecule has 1 atom stereocenters. The molecule has 0 bridgehead atoms. The molecule has 4 amide bonds. The maximum Gasteiger partial charge on any atom is 0.341 e. The molecule has 9 nitrogen and oxygen atoms in total. The topological polar surface area (TPSA) is 120 Å². The number of benzene rings is 1. The molecule has 28 heavy (non-hydrogen) atoms. The van der Waals surface area contributed by atoms with Crippen molar-refractivity contribution < 1.29 is 14.4 Å². The maximum absolute atomic E-state index is 12.4. The van der Waals surface area contributed by atoms with Gasteiger partial charge in [-0.3, -0.25) is 9.59 Å². The Morgan fingerprint density at radius 1 is 1.18 bits per heavy atom. The maximum atomic E-state index is 12.4. The van der Waals surface area contributed by atoms with Gasteiger partial charge in [0.1, 0.15) is 12.6 Å². The Bertz CT molecular complexity index is 702. The van der Waals surface area contributed by atoms with Gasteiger partial charge in [-0.05, 0) is 24.8 Å². The van der Waals surface area contributed by atoms with E-state index in [1.54, 1.807) is 0 Å². The van der Waals surface area contributed by atoms with Gasteiger partial charge in [0.05, 0.1) is 5.29 Å². The summed E-state index contributed by atoms with van der Waals surface area (Å²) in [7, 11) is 0. The van der Waals surface area contributed by atoms with Crippen LogP contribution in [0.3, 0.4) is 0 Å². The number of rotatable bonds is 11. The molecule has 0 saturated heterocycles. The van der Waals surface area contributed by atoms with E-state index in [2.05, 4.69) is 27.2 Å². The van der Waals surface area contributed by atoms with Gasteiger partial charge in [-0.2, -0.15) is 5.01 Å². The number of carbonyl (C=O) groups excluding carboxylic acids is 3. The molecule has 0 unspecified atom stereocenters. The lowest BCUT2D eigenvalue weighted by Gasteiger charge is -2.18. The van der Waals surface area contributed by atoms with Crippen molar-refractivity contribution in [1.29, 1.82) is 0 Å². The molecule has 0 aliphatic heterocycles. The van der Waals surface area contributed by atoms with Gasteiger partial charge >= 0.3 is 6.03 Å². The van der Waals surface area contributed by atoms with Crippen molar-refractivity contribution in [2.24, 2.45) is 5.29 Å². The fourth-order valence-corrected chi connectivity index (χ4v) is 2.41. The number of amides is 4. The molecule has 0 fully saturated rings. The van der Waals surface area contributed by atoms with Crippen molar-refractivity contribution in [2.45, 2.75) is 38.8 Å². The van der Waals surface area contributed by atoms with Crippen LogP contribution in [-0.4, -0.2) is 42.0 Å². The number of terminal acetylenes is 1. The molecule has 0 spiro atoms. The van der Waals surface area contributed by atoms with E-state index in [0.29, 0.717) is 30.8 Å². The van der Waals surface area contributed by atoms with Crippen molar-refractivity contribution in [2.75, 3.05) is 13.1 Å². The van der Waals surface area contributed by atoms with Gasteiger partial charge in [0.15, 0.2) is 0 Å². The largest absolute Gasteiger partial charge is 0.350 e. The van der Waals surface area contributed by atoms with E-state index in [1.165, 1.54) is 6.92 Å². The van der Waals surface area contributed by atoms with Crippen LogP contribution in [0.15, 0.2) is 35.6 Å². The van der Waals surface area contributed by atoms with Crippen LogP contribution in [-0.2, 0) is 16.1 Å². The summed E-state index contributed by atoms with van der Waals surface area (Å²) in [5, 5.41) is 11.1. The van der Waals surface area contributed by atoms with E-state index in [9.17, 15) is 19.3 Å². The highest BCUT2D eigenvalue weighted by Crippen LogP contribution is 2.03. The summed E-state index contributed by atoms with van der Waals surface area (Å²) >= 11 is 0. The van der Waals surface area contributed by atoms with E-state index in [1.807, 2.05) is 30.3 Å².